The molecule has 18 heavy (non-hydrogen) atoms. The summed E-state index contributed by atoms with van der Waals surface area (Å²) in [6.07, 6.45) is 6.30. The van der Waals surface area contributed by atoms with Gasteiger partial charge in [-0.05, 0) is 38.6 Å². The van der Waals surface area contributed by atoms with E-state index < -0.39 is 0 Å². The maximum absolute atomic E-state index is 11.6. The Morgan fingerprint density at radius 3 is 2.83 bits per heavy atom. The molecule has 0 aromatic rings. The van der Waals surface area contributed by atoms with Gasteiger partial charge in [-0.15, -0.1) is 0 Å². The summed E-state index contributed by atoms with van der Waals surface area (Å²) >= 11 is 0. The molecule has 1 fully saturated rings. The van der Waals surface area contributed by atoms with Crippen LogP contribution < -0.4 is 10.6 Å². The Hall–Kier alpha value is -0.610. The van der Waals surface area contributed by atoms with Crippen LogP contribution in [0.4, 0.5) is 0 Å². The first-order chi connectivity index (χ1) is 8.68. The van der Waals surface area contributed by atoms with Crippen LogP contribution in [0.25, 0.3) is 0 Å². The summed E-state index contributed by atoms with van der Waals surface area (Å²) in [7, 11) is 0. The lowest BCUT2D eigenvalue weighted by Gasteiger charge is -2.22. The van der Waals surface area contributed by atoms with Gasteiger partial charge >= 0.3 is 0 Å². The van der Waals surface area contributed by atoms with Gasteiger partial charge in [-0.3, -0.25) is 4.79 Å². The number of hydrogen-bond donors (Lipinski definition) is 2. The molecule has 0 bridgehead atoms. The van der Waals surface area contributed by atoms with Crippen molar-refractivity contribution in [1.29, 1.82) is 0 Å². The van der Waals surface area contributed by atoms with Crippen LogP contribution in [-0.4, -0.2) is 37.7 Å². The second-order valence-electron chi connectivity index (χ2n) is 5.34. The molecule has 1 unspecified atom stereocenters. The largest absolute Gasteiger partial charge is 0.378 e. The summed E-state index contributed by atoms with van der Waals surface area (Å²) in [4.78, 5) is 11.6. The molecular weight excluding hydrogens is 228 g/mol. The van der Waals surface area contributed by atoms with E-state index in [9.17, 15) is 4.79 Å². The van der Waals surface area contributed by atoms with Crippen LogP contribution in [0.1, 0.15) is 52.4 Å². The molecule has 1 amide bonds. The highest BCUT2D eigenvalue weighted by Crippen LogP contribution is 2.16. The van der Waals surface area contributed by atoms with Gasteiger partial charge in [0.15, 0.2) is 0 Å². The van der Waals surface area contributed by atoms with E-state index in [1.165, 1.54) is 12.8 Å². The normalized spacial score (nSPS) is 20.1. The molecule has 1 rings (SSSR count). The van der Waals surface area contributed by atoms with Gasteiger partial charge in [-0.25, -0.2) is 0 Å². The van der Waals surface area contributed by atoms with E-state index in [0.29, 0.717) is 18.6 Å². The topological polar surface area (TPSA) is 50.4 Å². The molecule has 1 saturated heterocycles. The van der Waals surface area contributed by atoms with Crippen molar-refractivity contribution in [1.82, 2.24) is 10.6 Å². The summed E-state index contributed by atoms with van der Waals surface area (Å²) in [6.45, 7) is 6.85. The number of carbonyl (C=O) groups excluding carboxylic acids is 1. The molecular formula is C14H28N2O2. The molecule has 1 heterocycles. The zero-order valence-electron chi connectivity index (χ0n) is 11.8. The highest BCUT2D eigenvalue weighted by Gasteiger charge is 2.14. The third kappa shape index (κ3) is 7.67. The Morgan fingerprint density at radius 2 is 2.17 bits per heavy atom. The van der Waals surface area contributed by atoms with Crippen LogP contribution in [0, 0.1) is 0 Å². The summed E-state index contributed by atoms with van der Waals surface area (Å²) in [6, 6.07) is 0.518. The fourth-order valence-electron chi connectivity index (χ4n) is 2.12. The standard InChI is InChI=1S/C14H28N2O2/c1-12(2)15-9-5-10-16-14(17)8-7-13-6-3-4-11-18-13/h12-13,15H,3-11H2,1-2H3,(H,16,17). The first-order valence-electron chi connectivity index (χ1n) is 7.30. The van der Waals surface area contributed by atoms with Crippen molar-refractivity contribution in [2.75, 3.05) is 19.7 Å². The van der Waals surface area contributed by atoms with E-state index in [0.717, 1.165) is 39.0 Å². The lowest BCUT2D eigenvalue weighted by molar-refractivity contribution is -0.122. The predicted octanol–water partition coefficient (Wildman–Crippen LogP) is 1.84. The zero-order valence-corrected chi connectivity index (χ0v) is 11.8. The first kappa shape index (κ1) is 15.4. The average Bonchev–Trinajstić information content (AvgIpc) is 2.37. The van der Waals surface area contributed by atoms with Gasteiger partial charge in [-0.1, -0.05) is 13.8 Å². The summed E-state index contributed by atoms with van der Waals surface area (Å²) in [5.74, 6) is 0.161. The van der Waals surface area contributed by atoms with E-state index in [2.05, 4.69) is 24.5 Å². The molecule has 0 spiro atoms. The van der Waals surface area contributed by atoms with Crippen LogP contribution in [0.2, 0.25) is 0 Å². The van der Waals surface area contributed by atoms with E-state index in [4.69, 9.17) is 4.74 Å². The van der Waals surface area contributed by atoms with Gasteiger partial charge in [0.2, 0.25) is 5.91 Å². The second-order valence-corrected chi connectivity index (χ2v) is 5.34. The van der Waals surface area contributed by atoms with Crippen molar-refractivity contribution in [2.45, 2.75) is 64.5 Å². The minimum atomic E-state index is 0.161. The summed E-state index contributed by atoms with van der Waals surface area (Å²) in [5, 5.41) is 6.29. The van der Waals surface area contributed by atoms with Crippen LogP contribution in [0.3, 0.4) is 0 Å². The zero-order chi connectivity index (χ0) is 13.2. The molecule has 0 radical (unpaired) electrons. The molecule has 106 valence electrons. The smallest absolute Gasteiger partial charge is 0.220 e. The fourth-order valence-corrected chi connectivity index (χ4v) is 2.12. The minimum Gasteiger partial charge on any atom is -0.378 e. The molecule has 4 nitrogen and oxygen atoms in total. The van der Waals surface area contributed by atoms with Crippen molar-refractivity contribution in [3.05, 3.63) is 0 Å². The maximum Gasteiger partial charge on any atom is 0.220 e. The highest BCUT2D eigenvalue weighted by molar-refractivity contribution is 5.75. The van der Waals surface area contributed by atoms with Crippen LogP contribution in [-0.2, 0) is 9.53 Å². The Labute approximate surface area is 111 Å². The van der Waals surface area contributed by atoms with Crippen molar-refractivity contribution < 1.29 is 9.53 Å². The molecule has 1 aliphatic rings. The number of amides is 1. The van der Waals surface area contributed by atoms with E-state index in [1.807, 2.05) is 0 Å². The molecule has 0 aromatic carbocycles. The van der Waals surface area contributed by atoms with Crippen molar-refractivity contribution in [3.63, 3.8) is 0 Å². The lowest BCUT2D eigenvalue weighted by atomic mass is 10.0. The SMILES string of the molecule is CC(C)NCCCNC(=O)CCC1CCCCO1. The highest BCUT2D eigenvalue weighted by atomic mass is 16.5. The van der Waals surface area contributed by atoms with Crippen molar-refractivity contribution in [2.24, 2.45) is 0 Å². The van der Waals surface area contributed by atoms with Crippen LogP contribution in [0.15, 0.2) is 0 Å². The van der Waals surface area contributed by atoms with Crippen LogP contribution in [0.5, 0.6) is 0 Å². The Bertz CT molecular complexity index is 226. The van der Waals surface area contributed by atoms with E-state index in [-0.39, 0.29) is 5.91 Å². The molecule has 4 heteroatoms. The number of ether oxygens (including phenoxy) is 1. The van der Waals surface area contributed by atoms with Gasteiger partial charge in [0.1, 0.15) is 0 Å². The summed E-state index contributed by atoms with van der Waals surface area (Å²) in [5.41, 5.74) is 0. The number of nitrogens with one attached hydrogen (secondary N) is 2. The Balaban J connectivity index is 1.93. The number of rotatable bonds is 8. The third-order valence-corrected chi connectivity index (χ3v) is 3.20. The van der Waals surface area contributed by atoms with Crippen molar-refractivity contribution >= 4 is 5.91 Å². The average molecular weight is 256 g/mol. The van der Waals surface area contributed by atoms with Gasteiger partial charge in [0.05, 0.1) is 6.10 Å². The second kappa shape index (κ2) is 9.34. The predicted molar refractivity (Wildman–Crippen MR) is 73.6 cm³/mol. The minimum absolute atomic E-state index is 0.161. The Kier molecular flexibility index (Phi) is 8.01. The van der Waals surface area contributed by atoms with Gasteiger partial charge < -0.3 is 15.4 Å². The fraction of sp³-hybridized carbons (Fsp3) is 0.929. The van der Waals surface area contributed by atoms with Crippen molar-refractivity contribution in [3.8, 4) is 0 Å². The summed E-state index contributed by atoms with van der Waals surface area (Å²) < 4.78 is 5.61. The Morgan fingerprint density at radius 1 is 1.33 bits per heavy atom. The first-order valence-corrected chi connectivity index (χ1v) is 7.30. The van der Waals surface area contributed by atoms with Gasteiger partial charge in [0, 0.05) is 25.6 Å². The van der Waals surface area contributed by atoms with Crippen LogP contribution >= 0.6 is 0 Å². The van der Waals surface area contributed by atoms with Gasteiger partial charge in [0.25, 0.3) is 0 Å². The van der Waals surface area contributed by atoms with E-state index >= 15 is 0 Å². The molecule has 1 aliphatic heterocycles. The monoisotopic (exact) mass is 256 g/mol. The molecule has 2 N–H and O–H groups in total. The third-order valence-electron chi connectivity index (χ3n) is 3.20. The number of hydrogen-bond acceptors (Lipinski definition) is 3. The van der Waals surface area contributed by atoms with Gasteiger partial charge in [-0.2, -0.15) is 0 Å². The number of carbonyl (C=O) groups is 1. The molecule has 0 aliphatic carbocycles. The maximum atomic E-state index is 11.6. The quantitative estimate of drug-likeness (QED) is 0.652. The molecule has 0 aromatic heterocycles. The molecule has 0 saturated carbocycles. The lowest BCUT2D eigenvalue weighted by Crippen LogP contribution is -2.30. The van der Waals surface area contributed by atoms with E-state index in [1.54, 1.807) is 0 Å². The molecule has 1 atom stereocenters.